The number of aromatic nitrogens is 3. The summed E-state index contributed by atoms with van der Waals surface area (Å²) in [6.45, 7) is 2.96. The van der Waals surface area contributed by atoms with Crippen LogP contribution >= 0.6 is 0 Å². The first-order valence-corrected chi connectivity index (χ1v) is 7.42. The van der Waals surface area contributed by atoms with E-state index in [1.165, 1.54) is 19.3 Å². The molecule has 3 rings (SSSR count). The highest BCUT2D eigenvalue weighted by atomic mass is 16.3. The van der Waals surface area contributed by atoms with Crippen molar-refractivity contribution in [2.45, 2.75) is 38.1 Å². The molecule has 1 aromatic rings. The third kappa shape index (κ3) is 2.63. The van der Waals surface area contributed by atoms with Crippen LogP contribution in [0.25, 0.3) is 0 Å². The molecule has 2 fully saturated rings. The Kier molecular flexibility index (Phi) is 3.86. The van der Waals surface area contributed by atoms with Crippen molar-refractivity contribution in [3.63, 3.8) is 0 Å². The highest BCUT2D eigenvalue weighted by molar-refractivity contribution is 5.45. The number of hydrogen-bond donors (Lipinski definition) is 2. The monoisotopic (exact) mass is 278 g/mol. The fraction of sp³-hybridized carbons (Fsp3) is 0.769. The Labute approximate surface area is 118 Å². The molecule has 0 aromatic carbocycles. The van der Waals surface area contributed by atoms with Crippen LogP contribution < -0.4 is 15.5 Å². The summed E-state index contributed by atoms with van der Waals surface area (Å²) in [4.78, 5) is 17.3. The molecule has 1 atom stereocenters. The largest absolute Gasteiger partial charge is 0.394 e. The molecule has 0 amide bonds. The van der Waals surface area contributed by atoms with E-state index >= 15 is 0 Å². The van der Waals surface area contributed by atoms with E-state index < -0.39 is 0 Å². The van der Waals surface area contributed by atoms with Crippen LogP contribution in [0.15, 0.2) is 0 Å². The molecule has 3 heterocycles. The van der Waals surface area contributed by atoms with Gasteiger partial charge in [0.15, 0.2) is 0 Å². The summed E-state index contributed by atoms with van der Waals surface area (Å²) in [5.41, 5.74) is 5.84. The van der Waals surface area contributed by atoms with E-state index in [4.69, 9.17) is 5.73 Å². The van der Waals surface area contributed by atoms with E-state index in [0.717, 1.165) is 32.5 Å². The van der Waals surface area contributed by atoms with Crippen LogP contribution in [0.2, 0.25) is 0 Å². The molecule has 3 N–H and O–H groups in total. The van der Waals surface area contributed by atoms with Crippen molar-refractivity contribution in [2.75, 3.05) is 41.8 Å². The van der Waals surface area contributed by atoms with Gasteiger partial charge in [-0.25, -0.2) is 0 Å². The van der Waals surface area contributed by atoms with Gasteiger partial charge in [-0.2, -0.15) is 15.0 Å². The number of rotatable bonds is 3. The highest BCUT2D eigenvalue weighted by Gasteiger charge is 2.27. The summed E-state index contributed by atoms with van der Waals surface area (Å²) in [6, 6.07) is 0.103. The molecule has 0 spiro atoms. The number of aliphatic hydroxyl groups is 1. The average Bonchev–Trinajstić information content (AvgIpc) is 2.96. The summed E-state index contributed by atoms with van der Waals surface area (Å²) >= 11 is 0. The standard InChI is InChI=1S/C13H22N6O/c14-11-15-12(18-6-2-1-3-7-18)17-13(16-11)19-8-4-5-10(19)9-20/h10,20H,1-9H2,(H2,14,15,16,17). The molecule has 0 aliphatic carbocycles. The maximum Gasteiger partial charge on any atom is 0.232 e. The SMILES string of the molecule is Nc1nc(N2CCCCC2)nc(N2CCCC2CO)n1. The quantitative estimate of drug-likeness (QED) is 0.827. The van der Waals surface area contributed by atoms with E-state index in [1.54, 1.807) is 0 Å². The third-order valence-corrected chi connectivity index (χ3v) is 4.11. The van der Waals surface area contributed by atoms with Gasteiger partial charge in [0.05, 0.1) is 12.6 Å². The fourth-order valence-corrected chi connectivity index (χ4v) is 3.02. The van der Waals surface area contributed by atoms with Gasteiger partial charge >= 0.3 is 0 Å². The Morgan fingerprint density at radius 1 is 1.00 bits per heavy atom. The van der Waals surface area contributed by atoms with Crippen LogP contribution in [0.4, 0.5) is 17.8 Å². The second kappa shape index (κ2) is 5.78. The lowest BCUT2D eigenvalue weighted by atomic mass is 10.1. The molecule has 1 aromatic heterocycles. The molecule has 1 unspecified atom stereocenters. The van der Waals surface area contributed by atoms with Crippen LogP contribution in [0.3, 0.4) is 0 Å². The lowest BCUT2D eigenvalue weighted by molar-refractivity contribution is 0.265. The molecule has 110 valence electrons. The second-order valence-electron chi connectivity index (χ2n) is 5.51. The first-order chi connectivity index (χ1) is 9.78. The molecular formula is C13H22N6O. The summed E-state index contributed by atoms with van der Waals surface area (Å²) in [5, 5.41) is 9.43. The van der Waals surface area contributed by atoms with E-state index in [9.17, 15) is 5.11 Å². The van der Waals surface area contributed by atoms with Gasteiger partial charge in [-0.05, 0) is 32.1 Å². The molecule has 0 bridgehead atoms. The van der Waals surface area contributed by atoms with Gasteiger partial charge in [0, 0.05) is 19.6 Å². The van der Waals surface area contributed by atoms with Gasteiger partial charge < -0.3 is 20.6 Å². The van der Waals surface area contributed by atoms with Crippen molar-refractivity contribution >= 4 is 17.8 Å². The molecule has 2 aliphatic heterocycles. The topological polar surface area (TPSA) is 91.4 Å². The number of nitrogen functional groups attached to an aromatic ring is 1. The molecule has 20 heavy (non-hydrogen) atoms. The van der Waals surface area contributed by atoms with E-state index in [-0.39, 0.29) is 18.6 Å². The van der Waals surface area contributed by atoms with Gasteiger partial charge in [0.25, 0.3) is 0 Å². The third-order valence-electron chi connectivity index (χ3n) is 4.11. The summed E-state index contributed by atoms with van der Waals surface area (Å²) in [7, 11) is 0. The molecule has 7 heteroatoms. The van der Waals surface area contributed by atoms with Crippen molar-refractivity contribution in [3.05, 3.63) is 0 Å². The van der Waals surface area contributed by atoms with Crippen molar-refractivity contribution < 1.29 is 5.11 Å². The predicted octanol–water partition coefficient (Wildman–Crippen LogP) is 0.405. The summed E-state index contributed by atoms with van der Waals surface area (Å²) in [6.07, 6.45) is 5.63. The van der Waals surface area contributed by atoms with Crippen LogP contribution in [-0.4, -0.2) is 52.3 Å². The smallest absolute Gasteiger partial charge is 0.232 e. The number of piperidine rings is 1. The summed E-state index contributed by atoms with van der Waals surface area (Å²) < 4.78 is 0. The average molecular weight is 278 g/mol. The Morgan fingerprint density at radius 2 is 1.75 bits per heavy atom. The first-order valence-electron chi connectivity index (χ1n) is 7.42. The molecule has 2 aliphatic rings. The van der Waals surface area contributed by atoms with E-state index in [0.29, 0.717) is 11.9 Å². The predicted molar refractivity (Wildman–Crippen MR) is 77.8 cm³/mol. The van der Waals surface area contributed by atoms with Crippen molar-refractivity contribution in [1.29, 1.82) is 0 Å². The molecular weight excluding hydrogens is 256 g/mol. The van der Waals surface area contributed by atoms with Crippen molar-refractivity contribution in [1.82, 2.24) is 15.0 Å². The normalized spacial score (nSPS) is 23.4. The number of aliphatic hydroxyl groups excluding tert-OH is 1. The van der Waals surface area contributed by atoms with Crippen LogP contribution in [0.1, 0.15) is 32.1 Å². The van der Waals surface area contributed by atoms with Crippen LogP contribution in [-0.2, 0) is 0 Å². The lowest BCUT2D eigenvalue weighted by Gasteiger charge is -2.28. The van der Waals surface area contributed by atoms with Crippen LogP contribution in [0.5, 0.6) is 0 Å². The Morgan fingerprint density at radius 3 is 2.50 bits per heavy atom. The van der Waals surface area contributed by atoms with Crippen molar-refractivity contribution in [3.8, 4) is 0 Å². The highest BCUT2D eigenvalue weighted by Crippen LogP contribution is 2.25. The molecule has 7 nitrogen and oxygen atoms in total. The molecule has 0 saturated carbocycles. The number of anilines is 3. The number of hydrogen-bond acceptors (Lipinski definition) is 7. The Hall–Kier alpha value is -1.63. The molecule has 0 radical (unpaired) electrons. The summed E-state index contributed by atoms with van der Waals surface area (Å²) in [5.74, 6) is 1.55. The minimum atomic E-state index is 0.103. The van der Waals surface area contributed by atoms with Crippen LogP contribution in [0, 0.1) is 0 Å². The maximum absolute atomic E-state index is 9.43. The molecule has 2 saturated heterocycles. The van der Waals surface area contributed by atoms with Crippen molar-refractivity contribution in [2.24, 2.45) is 0 Å². The van der Waals surface area contributed by atoms with Gasteiger partial charge in [-0.15, -0.1) is 0 Å². The van der Waals surface area contributed by atoms with Gasteiger partial charge in [0.2, 0.25) is 17.8 Å². The first kappa shape index (κ1) is 13.4. The van der Waals surface area contributed by atoms with Gasteiger partial charge in [0.1, 0.15) is 0 Å². The van der Waals surface area contributed by atoms with Gasteiger partial charge in [-0.3, -0.25) is 0 Å². The Bertz CT molecular complexity index is 462. The Balaban J connectivity index is 1.86. The zero-order valence-electron chi connectivity index (χ0n) is 11.7. The fourth-order valence-electron chi connectivity index (χ4n) is 3.02. The minimum absolute atomic E-state index is 0.103. The zero-order valence-corrected chi connectivity index (χ0v) is 11.7. The second-order valence-corrected chi connectivity index (χ2v) is 5.51. The number of nitrogens with zero attached hydrogens (tertiary/aromatic N) is 5. The number of nitrogens with two attached hydrogens (primary N) is 1. The van der Waals surface area contributed by atoms with E-state index in [2.05, 4.69) is 19.9 Å². The zero-order chi connectivity index (χ0) is 13.9. The van der Waals surface area contributed by atoms with E-state index in [1.807, 2.05) is 4.90 Å². The maximum atomic E-state index is 9.43. The minimum Gasteiger partial charge on any atom is -0.394 e. The van der Waals surface area contributed by atoms with Gasteiger partial charge in [-0.1, -0.05) is 0 Å². The lowest BCUT2D eigenvalue weighted by Crippen LogP contribution is -2.35.